The van der Waals surface area contributed by atoms with E-state index in [2.05, 4.69) is 5.32 Å². The van der Waals surface area contributed by atoms with Gasteiger partial charge in [-0.3, -0.25) is 4.79 Å². The number of hydrogen-bond donors (Lipinski definition) is 2. The fraction of sp³-hybridized carbons (Fsp3) is 0.143. The number of sulfonamides is 1. The molecule has 0 bridgehead atoms. The van der Waals surface area contributed by atoms with E-state index in [4.69, 9.17) is 5.11 Å². The first-order valence-electron chi connectivity index (χ1n) is 11.5. The maximum Gasteiger partial charge on any atom is 0.335 e. The van der Waals surface area contributed by atoms with Crippen LogP contribution in [0.4, 0.5) is 0 Å². The van der Waals surface area contributed by atoms with Gasteiger partial charge in [-0.05, 0) is 70.3 Å². The van der Waals surface area contributed by atoms with Gasteiger partial charge in [0.2, 0.25) is 10.0 Å². The lowest BCUT2D eigenvalue weighted by molar-refractivity contribution is 0.0696. The van der Waals surface area contributed by atoms with Crippen LogP contribution < -0.4 is 5.32 Å². The van der Waals surface area contributed by atoms with Gasteiger partial charge in [0.15, 0.2) is 0 Å². The van der Waals surface area contributed by atoms with Gasteiger partial charge in [-0.15, -0.1) is 0 Å². The van der Waals surface area contributed by atoms with Crippen LogP contribution in [0.5, 0.6) is 0 Å². The molecule has 1 aliphatic heterocycles. The van der Waals surface area contributed by atoms with Crippen molar-refractivity contribution in [3.8, 4) is 0 Å². The molecular formula is C28H24N2O5S. The highest BCUT2D eigenvalue weighted by Crippen LogP contribution is 2.22. The Morgan fingerprint density at radius 2 is 1.36 bits per heavy atom. The first-order chi connectivity index (χ1) is 17.3. The number of hydrogen-bond acceptors (Lipinski definition) is 4. The van der Waals surface area contributed by atoms with Crippen molar-refractivity contribution in [1.82, 2.24) is 9.62 Å². The van der Waals surface area contributed by atoms with Crippen LogP contribution in [0.1, 0.15) is 37.4 Å². The smallest absolute Gasteiger partial charge is 0.335 e. The maximum absolute atomic E-state index is 12.8. The number of aromatic carboxylic acids is 1. The van der Waals surface area contributed by atoms with Crippen LogP contribution >= 0.6 is 0 Å². The van der Waals surface area contributed by atoms with Gasteiger partial charge in [-0.1, -0.05) is 48.5 Å². The summed E-state index contributed by atoms with van der Waals surface area (Å²) in [5.41, 5.74) is 3.66. The molecule has 4 aromatic rings. The van der Waals surface area contributed by atoms with Gasteiger partial charge in [0, 0.05) is 25.2 Å². The van der Waals surface area contributed by atoms with Crippen LogP contribution in [0.2, 0.25) is 0 Å². The molecule has 0 saturated carbocycles. The number of benzene rings is 4. The van der Waals surface area contributed by atoms with Crippen molar-refractivity contribution in [2.24, 2.45) is 0 Å². The highest BCUT2D eigenvalue weighted by Gasteiger charge is 2.32. The molecule has 0 aromatic heterocycles. The van der Waals surface area contributed by atoms with Crippen molar-refractivity contribution in [1.29, 1.82) is 0 Å². The second-order valence-electron chi connectivity index (χ2n) is 8.81. The van der Waals surface area contributed by atoms with E-state index >= 15 is 0 Å². The molecule has 0 radical (unpaired) electrons. The molecule has 1 amide bonds. The van der Waals surface area contributed by atoms with Crippen molar-refractivity contribution < 1.29 is 23.1 Å². The Morgan fingerprint density at radius 1 is 0.750 bits per heavy atom. The summed E-state index contributed by atoms with van der Waals surface area (Å²) in [6, 6.07) is 25.0. The van der Waals surface area contributed by atoms with Crippen molar-refractivity contribution in [2.75, 3.05) is 13.1 Å². The van der Waals surface area contributed by atoms with Gasteiger partial charge in [-0.25, -0.2) is 13.2 Å². The molecule has 0 unspecified atom stereocenters. The van der Waals surface area contributed by atoms with Gasteiger partial charge in [-0.2, -0.15) is 4.31 Å². The van der Waals surface area contributed by atoms with Crippen molar-refractivity contribution in [2.45, 2.75) is 17.9 Å². The maximum atomic E-state index is 12.8. The minimum atomic E-state index is -3.38. The Bertz CT molecular complexity index is 1560. The molecule has 0 aliphatic carbocycles. The van der Waals surface area contributed by atoms with E-state index in [0.717, 1.165) is 27.5 Å². The number of fused-ring (bicyclic) bond motifs is 1. The third-order valence-electron chi connectivity index (χ3n) is 6.20. The van der Waals surface area contributed by atoms with E-state index in [1.54, 1.807) is 42.5 Å². The minimum Gasteiger partial charge on any atom is -0.478 e. The molecule has 1 fully saturated rings. The highest BCUT2D eigenvalue weighted by atomic mass is 32.2. The summed E-state index contributed by atoms with van der Waals surface area (Å²) < 4.78 is 25.9. The lowest BCUT2D eigenvalue weighted by atomic mass is 9.99. The molecule has 36 heavy (non-hydrogen) atoms. The standard InChI is InChI=1S/C28H24N2O5S/c31-27(29-18-20-4-11-26(12-5-20)36(34,35)30-13-14-30)24-10-9-22-6-3-21(16-25(22)17-24)15-19-1-7-23(8-2-19)28(32)33/h1-12,16-17H,13-15,18H2,(H,29,31)(H,32,33). The number of nitrogens with one attached hydrogen (secondary N) is 1. The van der Waals surface area contributed by atoms with Crippen LogP contribution in [-0.4, -0.2) is 42.8 Å². The fourth-order valence-corrected chi connectivity index (χ4v) is 5.38. The molecular weight excluding hydrogens is 476 g/mol. The minimum absolute atomic E-state index is 0.215. The van der Waals surface area contributed by atoms with Crippen LogP contribution in [0.25, 0.3) is 10.8 Å². The summed E-state index contributed by atoms with van der Waals surface area (Å²) in [7, 11) is -3.38. The van der Waals surface area contributed by atoms with Gasteiger partial charge in [0.25, 0.3) is 5.91 Å². The predicted molar refractivity (Wildman–Crippen MR) is 137 cm³/mol. The van der Waals surface area contributed by atoms with Gasteiger partial charge in [0.1, 0.15) is 0 Å². The molecule has 182 valence electrons. The molecule has 0 atom stereocenters. The van der Waals surface area contributed by atoms with Crippen LogP contribution in [0.15, 0.2) is 89.8 Å². The molecule has 8 heteroatoms. The van der Waals surface area contributed by atoms with Crippen molar-refractivity contribution >= 4 is 32.7 Å². The summed E-state index contributed by atoms with van der Waals surface area (Å²) in [5, 5.41) is 13.9. The molecule has 1 aliphatic rings. The molecule has 1 heterocycles. The Morgan fingerprint density at radius 3 is 2.03 bits per heavy atom. The monoisotopic (exact) mass is 500 g/mol. The van der Waals surface area contributed by atoms with Crippen LogP contribution in [-0.2, 0) is 23.0 Å². The normalized spacial score (nSPS) is 13.4. The Balaban J connectivity index is 1.26. The number of carboxylic acid groups (broad SMARTS) is 1. The number of amides is 1. The topological polar surface area (TPSA) is 104 Å². The molecule has 2 N–H and O–H groups in total. The Kier molecular flexibility index (Phi) is 6.30. The average Bonchev–Trinajstić information content (AvgIpc) is 3.74. The molecule has 7 nitrogen and oxygen atoms in total. The first kappa shape index (κ1) is 23.7. The molecule has 5 rings (SSSR count). The molecule has 0 spiro atoms. The first-order valence-corrected chi connectivity index (χ1v) is 13.0. The second-order valence-corrected chi connectivity index (χ2v) is 10.7. The van der Waals surface area contributed by atoms with E-state index in [9.17, 15) is 18.0 Å². The van der Waals surface area contributed by atoms with Crippen LogP contribution in [0.3, 0.4) is 0 Å². The summed E-state index contributed by atoms with van der Waals surface area (Å²) >= 11 is 0. The largest absolute Gasteiger partial charge is 0.478 e. The summed E-state index contributed by atoms with van der Waals surface area (Å²) in [6.45, 7) is 1.41. The van der Waals surface area contributed by atoms with E-state index in [1.807, 2.05) is 42.5 Å². The number of carbonyl (C=O) groups excluding carboxylic acids is 1. The van der Waals surface area contributed by atoms with Crippen LogP contribution in [0, 0.1) is 0 Å². The highest BCUT2D eigenvalue weighted by molar-refractivity contribution is 7.89. The SMILES string of the molecule is O=C(O)c1ccc(Cc2ccc3ccc(C(=O)NCc4ccc(S(=O)(=O)N5CC5)cc4)cc3c2)cc1. The van der Waals surface area contributed by atoms with Gasteiger partial charge in [0.05, 0.1) is 10.5 Å². The number of nitrogens with zero attached hydrogens (tertiary/aromatic N) is 1. The fourth-order valence-electron chi connectivity index (χ4n) is 4.04. The van der Waals surface area contributed by atoms with E-state index < -0.39 is 16.0 Å². The zero-order chi connectivity index (χ0) is 25.3. The average molecular weight is 501 g/mol. The zero-order valence-electron chi connectivity index (χ0n) is 19.3. The Labute approximate surface area is 209 Å². The number of carboxylic acids is 1. The zero-order valence-corrected chi connectivity index (χ0v) is 20.2. The number of carbonyl (C=O) groups is 2. The quantitative estimate of drug-likeness (QED) is 0.355. The van der Waals surface area contributed by atoms with Gasteiger partial charge < -0.3 is 10.4 Å². The van der Waals surface area contributed by atoms with Crippen molar-refractivity contribution in [3.05, 3.63) is 113 Å². The molecule has 4 aromatic carbocycles. The number of rotatable bonds is 8. The van der Waals surface area contributed by atoms with Crippen molar-refractivity contribution in [3.63, 3.8) is 0 Å². The molecule has 1 saturated heterocycles. The third-order valence-corrected chi connectivity index (χ3v) is 8.11. The van der Waals surface area contributed by atoms with E-state index in [0.29, 0.717) is 25.1 Å². The lowest BCUT2D eigenvalue weighted by Gasteiger charge is -2.09. The summed E-state index contributed by atoms with van der Waals surface area (Å²) in [5.74, 6) is -1.16. The summed E-state index contributed by atoms with van der Waals surface area (Å²) in [6.07, 6.45) is 0.649. The lowest BCUT2D eigenvalue weighted by Crippen LogP contribution is -2.22. The third kappa shape index (κ3) is 5.15. The van der Waals surface area contributed by atoms with Gasteiger partial charge >= 0.3 is 5.97 Å². The second kappa shape index (κ2) is 9.56. The predicted octanol–water partition coefficient (Wildman–Crippen LogP) is 4.06. The van der Waals surface area contributed by atoms with E-state index in [1.165, 1.54) is 4.31 Å². The van der Waals surface area contributed by atoms with E-state index in [-0.39, 0.29) is 22.9 Å². The Hall–Kier alpha value is -4.01. The summed E-state index contributed by atoms with van der Waals surface area (Å²) in [4.78, 5) is 24.1.